The van der Waals surface area contributed by atoms with Gasteiger partial charge in [-0.25, -0.2) is 0 Å². The van der Waals surface area contributed by atoms with Gasteiger partial charge in [-0.05, 0) is 68.8 Å². The first-order chi connectivity index (χ1) is 18.9. The lowest BCUT2D eigenvalue weighted by molar-refractivity contribution is 1.33. The van der Waals surface area contributed by atoms with Crippen LogP contribution in [0.15, 0.2) is 171 Å². The van der Waals surface area contributed by atoms with Crippen LogP contribution < -0.4 is 0 Å². The van der Waals surface area contributed by atoms with Crippen LogP contribution >= 0.6 is 0 Å². The summed E-state index contributed by atoms with van der Waals surface area (Å²) < 4.78 is 0. The lowest BCUT2D eigenvalue weighted by Gasteiger charge is -2.09. The molecule has 2 heteroatoms. The lowest BCUT2D eigenvalue weighted by Crippen LogP contribution is -1.84. The Bertz CT molecular complexity index is 1280. The zero-order valence-corrected chi connectivity index (χ0v) is 21.3. The van der Waals surface area contributed by atoms with Crippen LogP contribution in [0.2, 0.25) is 0 Å². The third kappa shape index (κ3) is 6.57. The molecule has 184 valence electrons. The zero-order chi connectivity index (χ0) is 26.4. The quantitative estimate of drug-likeness (QED) is 0.230. The van der Waals surface area contributed by atoms with Crippen molar-refractivity contribution in [2.75, 3.05) is 0 Å². The second kappa shape index (κ2) is 13.9. The third-order valence-electron chi connectivity index (χ3n) is 6.01. The zero-order valence-electron chi connectivity index (χ0n) is 21.3. The highest BCUT2D eigenvalue weighted by atomic mass is 14.6. The van der Waals surface area contributed by atoms with Crippen molar-refractivity contribution in [3.63, 3.8) is 0 Å². The average Bonchev–Trinajstić information content (AvgIpc) is 3.04. The van der Waals surface area contributed by atoms with Crippen molar-refractivity contribution in [2.24, 2.45) is 0 Å². The molecule has 0 radical (unpaired) electrons. The maximum Gasteiger partial charge on any atom is 0.0273 e. The van der Waals surface area contributed by atoms with Crippen molar-refractivity contribution >= 4 is 0 Å². The summed E-state index contributed by atoms with van der Waals surface area (Å²) in [6.07, 6.45) is 7.32. The van der Waals surface area contributed by atoms with Crippen LogP contribution in [0.5, 0.6) is 0 Å². The molecule has 0 atom stereocenters. The highest BCUT2D eigenvalue weighted by Gasteiger charge is 2.06. The van der Waals surface area contributed by atoms with Gasteiger partial charge in [0.2, 0.25) is 0 Å². The SMILES string of the molecule is C=C.c1ccc(-c2ccccc2-c2ccncc2)cc1.c1ccc(-c2ccccc2-c2ccncc2)cc1. The molecule has 0 aliphatic carbocycles. The normalized spacial score (nSPS) is 9.79. The van der Waals surface area contributed by atoms with Crippen LogP contribution in [0, 0.1) is 0 Å². The van der Waals surface area contributed by atoms with E-state index < -0.39 is 0 Å². The Morgan fingerprint density at radius 1 is 0.289 bits per heavy atom. The fourth-order valence-electron chi connectivity index (χ4n) is 4.27. The predicted molar refractivity (Wildman–Crippen MR) is 161 cm³/mol. The topological polar surface area (TPSA) is 25.8 Å². The molecule has 2 heterocycles. The molecule has 0 saturated carbocycles. The minimum Gasteiger partial charge on any atom is -0.265 e. The number of nitrogens with zero attached hydrogens (tertiary/aromatic N) is 2. The molecule has 0 unspecified atom stereocenters. The van der Waals surface area contributed by atoms with Crippen LogP contribution in [-0.4, -0.2) is 9.97 Å². The molecule has 0 bridgehead atoms. The molecule has 0 fully saturated rings. The van der Waals surface area contributed by atoms with Crippen molar-refractivity contribution in [2.45, 2.75) is 0 Å². The summed E-state index contributed by atoms with van der Waals surface area (Å²) in [5.74, 6) is 0. The Labute approximate surface area is 225 Å². The standard InChI is InChI=1S/2C17H13N.C2H4/c2*1-2-6-14(7-3-1)16-8-4-5-9-17(16)15-10-12-18-13-11-15;1-2/h2*1-13H;1-2H2. The van der Waals surface area contributed by atoms with Gasteiger partial charge < -0.3 is 0 Å². The van der Waals surface area contributed by atoms with Crippen molar-refractivity contribution in [1.29, 1.82) is 0 Å². The van der Waals surface area contributed by atoms with Crippen molar-refractivity contribution in [3.8, 4) is 44.5 Å². The minimum absolute atomic E-state index is 1.20. The number of benzene rings is 4. The summed E-state index contributed by atoms with van der Waals surface area (Å²) in [7, 11) is 0. The molecular weight excluding hydrogens is 460 g/mol. The van der Waals surface area contributed by atoms with Gasteiger partial charge in [-0.2, -0.15) is 0 Å². The van der Waals surface area contributed by atoms with E-state index in [2.05, 4.69) is 120 Å². The number of hydrogen-bond acceptors (Lipinski definition) is 2. The highest BCUT2D eigenvalue weighted by molar-refractivity contribution is 5.84. The minimum atomic E-state index is 1.20. The van der Waals surface area contributed by atoms with Gasteiger partial charge in [0.15, 0.2) is 0 Å². The van der Waals surface area contributed by atoms with E-state index >= 15 is 0 Å². The summed E-state index contributed by atoms with van der Waals surface area (Å²) in [4.78, 5) is 8.15. The fraction of sp³-hybridized carbons (Fsp3) is 0. The maximum absolute atomic E-state index is 4.07. The number of pyridine rings is 2. The Balaban J connectivity index is 0.000000166. The molecule has 6 rings (SSSR count). The molecule has 2 aromatic heterocycles. The summed E-state index contributed by atoms with van der Waals surface area (Å²) in [5.41, 5.74) is 9.87. The van der Waals surface area contributed by atoms with Gasteiger partial charge in [0.1, 0.15) is 0 Å². The monoisotopic (exact) mass is 490 g/mol. The summed E-state index contributed by atoms with van der Waals surface area (Å²) >= 11 is 0. The van der Waals surface area contributed by atoms with Gasteiger partial charge in [0.05, 0.1) is 0 Å². The van der Waals surface area contributed by atoms with Gasteiger partial charge in [-0.1, -0.05) is 109 Å². The Morgan fingerprint density at radius 2 is 0.526 bits per heavy atom. The van der Waals surface area contributed by atoms with E-state index in [4.69, 9.17) is 0 Å². The molecule has 6 aromatic rings. The Morgan fingerprint density at radius 3 is 0.816 bits per heavy atom. The van der Waals surface area contributed by atoms with E-state index in [9.17, 15) is 0 Å². The summed E-state index contributed by atoms with van der Waals surface area (Å²) in [6, 6.07) is 46.0. The summed E-state index contributed by atoms with van der Waals surface area (Å²) in [5, 5.41) is 0. The van der Waals surface area contributed by atoms with Crippen molar-refractivity contribution in [1.82, 2.24) is 9.97 Å². The van der Waals surface area contributed by atoms with Gasteiger partial charge in [0.25, 0.3) is 0 Å². The first-order valence-corrected chi connectivity index (χ1v) is 12.5. The highest BCUT2D eigenvalue weighted by Crippen LogP contribution is 2.32. The molecule has 0 aliphatic rings. The van der Waals surface area contributed by atoms with Crippen LogP contribution in [0.3, 0.4) is 0 Å². The number of hydrogen-bond donors (Lipinski definition) is 0. The Hall–Kier alpha value is -5.08. The van der Waals surface area contributed by atoms with Gasteiger partial charge in [0, 0.05) is 24.8 Å². The predicted octanol–water partition coefficient (Wildman–Crippen LogP) is 9.63. The third-order valence-corrected chi connectivity index (χ3v) is 6.01. The van der Waals surface area contributed by atoms with Crippen molar-refractivity contribution < 1.29 is 0 Å². The van der Waals surface area contributed by atoms with E-state index in [1.165, 1.54) is 44.5 Å². The molecule has 0 amide bonds. The van der Waals surface area contributed by atoms with Gasteiger partial charge in [-0.15, -0.1) is 13.2 Å². The van der Waals surface area contributed by atoms with Crippen LogP contribution in [0.1, 0.15) is 0 Å². The molecule has 0 N–H and O–H groups in total. The van der Waals surface area contributed by atoms with E-state index in [1.807, 2.05) is 61.2 Å². The lowest BCUT2D eigenvalue weighted by atomic mass is 9.95. The average molecular weight is 491 g/mol. The fourth-order valence-corrected chi connectivity index (χ4v) is 4.27. The molecule has 0 saturated heterocycles. The maximum atomic E-state index is 4.07. The second-order valence-corrected chi connectivity index (χ2v) is 8.29. The molecule has 0 spiro atoms. The van der Waals surface area contributed by atoms with Gasteiger partial charge in [-0.3, -0.25) is 9.97 Å². The number of aromatic nitrogens is 2. The smallest absolute Gasteiger partial charge is 0.0273 e. The molecular formula is C36H30N2. The van der Waals surface area contributed by atoms with E-state index in [0.717, 1.165) is 0 Å². The first-order valence-electron chi connectivity index (χ1n) is 12.5. The first kappa shape index (κ1) is 26.0. The Kier molecular flexibility index (Phi) is 9.48. The molecule has 4 aromatic carbocycles. The molecule has 0 aliphatic heterocycles. The van der Waals surface area contributed by atoms with E-state index in [1.54, 1.807) is 0 Å². The molecule has 2 nitrogen and oxygen atoms in total. The largest absolute Gasteiger partial charge is 0.265 e. The van der Waals surface area contributed by atoms with E-state index in [-0.39, 0.29) is 0 Å². The van der Waals surface area contributed by atoms with Crippen LogP contribution in [0.4, 0.5) is 0 Å². The van der Waals surface area contributed by atoms with Crippen LogP contribution in [-0.2, 0) is 0 Å². The molecule has 38 heavy (non-hydrogen) atoms. The van der Waals surface area contributed by atoms with Gasteiger partial charge >= 0.3 is 0 Å². The number of rotatable bonds is 4. The van der Waals surface area contributed by atoms with Crippen LogP contribution in [0.25, 0.3) is 44.5 Å². The van der Waals surface area contributed by atoms with E-state index in [0.29, 0.717) is 0 Å². The second-order valence-electron chi connectivity index (χ2n) is 8.29. The van der Waals surface area contributed by atoms with Crippen molar-refractivity contribution in [3.05, 3.63) is 171 Å². The summed E-state index contributed by atoms with van der Waals surface area (Å²) in [6.45, 7) is 6.00.